The number of aliphatic carboxylic acids is 1. The van der Waals surface area contributed by atoms with E-state index in [9.17, 15) is 14.7 Å². The molecule has 0 bridgehead atoms. The first kappa shape index (κ1) is 13.4. The Balaban J connectivity index is 1.98. The van der Waals surface area contributed by atoms with Gasteiger partial charge >= 0.3 is 5.97 Å². The molecule has 1 fully saturated rings. The molecule has 0 heterocycles. The van der Waals surface area contributed by atoms with Crippen LogP contribution in [0, 0.1) is 12.8 Å². The van der Waals surface area contributed by atoms with Crippen LogP contribution in [0.4, 0.5) is 0 Å². The summed E-state index contributed by atoms with van der Waals surface area (Å²) in [4.78, 5) is 22.8. The van der Waals surface area contributed by atoms with Gasteiger partial charge in [0.2, 0.25) is 0 Å². The second-order valence-corrected chi connectivity index (χ2v) is 5.02. The van der Waals surface area contributed by atoms with Gasteiger partial charge in [0.15, 0.2) is 0 Å². The first-order chi connectivity index (χ1) is 8.97. The van der Waals surface area contributed by atoms with Crippen LogP contribution >= 0.6 is 0 Å². The smallest absolute Gasteiger partial charge is 0.306 e. The summed E-state index contributed by atoms with van der Waals surface area (Å²) in [6.45, 7) is 1.76. The van der Waals surface area contributed by atoms with Gasteiger partial charge in [-0.3, -0.25) is 9.59 Å². The Bertz CT molecular complexity index is 512. The first-order valence-corrected chi connectivity index (χ1v) is 6.30. The van der Waals surface area contributed by atoms with Crippen molar-refractivity contribution in [2.24, 2.45) is 5.92 Å². The van der Waals surface area contributed by atoms with Crippen molar-refractivity contribution in [3.63, 3.8) is 0 Å². The van der Waals surface area contributed by atoms with Crippen LogP contribution in [0.5, 0.6) is 5.75 Å². The average molecular weight is 263 g/mol. The predicted molar refractivity (Wildman–Crippen MR) is 69.1 cm³/mol. The Morgan fingerprint density at radius 2 is 2.05 bits per heavy atom. The molecule has 1 aromatic rings. The first-order valence-electron chi connectivity index (χ1n) is 6.30. The monoisotopic (exact) mass is 263 g/mol. The highest BCUT2D eigenvalue weighted by Crippen LogP contribution is 2.26. The number of rotatable bonds is 3. The molecule has 5 heteroatoms. The van der Waals surface area contributed by atoms with E-state index in [1.165, 1.54) is 6.07 Å². The van der Waals surface area contributed by atoms with Crippen molar-refractivity contribution in [3.05, 3.63) is 29.3 Å². The Morgan fingerprint density at radius 3 is 2.63 bits per heavy atom. The maximum absolute atomic E-state index is 12.0. The van der Waals surface area contributed by atoms with Gasteiger partial charge in [0.25, 0.3) is 5.91 Å². The summed E-state index contributed by atoms with van der Waals surface area (Å²) >= 11 is 0. The van der Waals surface area contributed by atoms with Crippen LogP contribution in [0.25, 0.3) is 0 Å². The van der Waals surface area contributed by atoms with Gasteiger partial charge in [0, 0.05) is 11.6 Å². The number of carboxylic acids is 1. The standard InChI is InChI=1S/C14H17NO4/c1-8-2-3-9(7-12(8)16)13(17)15-11-5-4-10(6-11)14(18)19/h2-3,7,10-11,16H,4-6H2,1H3,(H,15,17)(H,18,19). The molecule has 102 valence electrons. The summed E-state index contributed by atoms with van der Waals surface area (Å²) in [6.07, 6.45) is 1.75. The number of carbonyl (C=O) groups excluding carboxylic acids is 1. The maximum Gasteiger partial charge on any atom is 0.306 e. The summed E-state index contributed by atoms with van der Waals surface area (Å²) < 4.78 is 0. The van der Waals surface area contributed by atoms with Crippen molar-refractivity contribution in [1.82, 2.24) is 5.32 Å². The van der Waals surface area contributed by atoms with E-state index in [2.05, 4.69) is 5.32 Å². The van der Waals surface area contributed by atoms with Crippen LogP contribution in [0.15, 0.2) is 18.2 Å². The summed E-state index contributed by atoms with van der Waals surface area (Å²) in [5.41, 5.74) is 1.10. The van der Waals surface area contributed by atoms with Crippen molar-refractivity contribution in [2.75, 3.05) is 0 Å². The molecular formula is C14H17NO4. The minimum Gasteiger partial charge on any atom is -0.508 e. The lowest BCUT2D eigenvalue weighted by Crippen LogP contribution is -2.33. The van der Waals surface area contributed by atoms with Crippen LogP contribution < -0.4 is 5.32 Å². The quantitative estimate of drug-likeness (QED) is 0.774. The molecular weight excluding hydrogens is 246 g/mol. The SMILES string of the molecule is Cc1ccc(C(=O)NC2CCC(C(=O)O)C2)cc1O. The van der Waals surface area contributed by atoms with Crippen molar-refractivity contribution < 1.29 is 19.8 Å². The molecule has 5 nitrogen and oxygen atoms in total. The number of carbonyl (C=O) groups is 2. The van der Waals surface area contributed by atoms with E-state index in [-0.39, 0.29) is 23.6 Å². The molecule has 2 atom stereocenters. The van der Waals surface area contributed by atoms with E-state index in [0.717, 1.165) is 0 Å². The van der Waals surface area contributed by atoms with Crippen LogP contribution in [0.2, 0.25) is 0 Å². The number of phenols is 1. The number of hydrogen-bond donors (Lipinski definition) is 3. The topological polar surface area (TPSA) is 86.6 Å². The van der Waals surface area contributed by atoms with E-state index in [0.29, 0.717) is 30.4 Å². The molecule has 1 aliphatic rings. The van der Waals surface area contributed by atoms with E-state index < -0.39 is 5.97 Å². The zero-order valence-electron chi connectivity index (χ0n) is 10.7. The zero-order chi connectivity index (χ0) is 14.0. The maximum atomic E-state index is 12.0. The van der Waals surface area contributed by atoms with Gasteiger partial charge in [-0.15, -0.1) is 0 Å². The normalized spacial score (nSPS) is 22.2. The summed E-state index contributed by atoms with van der Waals surface area (Å²) in [7, 11) is 0. The minimum atomic E-state index is -0.801. The van der Waals surface area contributed by atoms with E-state index in [1.807, 2.05) is 0 Å². The molecule has 1 saturated carbocycles. The molecule has 1 aromatic carbocycles. The molecule has 0 aliphatic heterocycles. The van der Waals surface area contributed by atoms with Gasteiger partial charge in [0.05, 0.1) is 5.92 Å². The largest absolute Gasteiger partial charge is 0.508 e. The average Bonchev–Trinajstić information content (AvgIpc) is 2.81. The second-order valence-electron chi connectivity index (χ2n) is 5.02. The Morgan fingerprint density at radius 1 is 1.32 bits per heavy atom. The zero-order valence-corrected chi connectivity index (χ0v) is 10.7. The summed E-state index contributed by atoms with van der Waals surface area (Å²) in [5, 5.41) is 21.3. The molecule has 2 unspecified atom stereocenters. The van der Waals surface area contributed by atoms with Crippen molar-refractivity contribution in [1.29, 1.82) is 0 Å². The van der Waals surface area contributed by atoms with Crippen LogP contribution in [0.1, 0.15) is 35.2 Å². The van der Waals surface area contributed by atoms with Gasteiger partial charge in [0.1, 0.15) is 5.75 Å². The third-order valence-electron chi connectivity index (χ3n) is 3.59. The van der Waals surface area contributed by atoms with Crippen LogP contribution in [0.3, 0.4) is 0 Å². The number of aromatic hydroxyl groups is 1. The molecule has 3 N–H and O–H groups in total. The van der Waals surface area contributed by atoms with Crippen molar-refractivity contribution >= 4 is 11.9 Å². The summed E-state index contributed by atoms with van der Waals surface area (Å²) in [5.74, 6) is -1.35. The van der Waals surface area contributed by atoms with Crippen molar-refractivity contribution in [2.45, 2.75) is 32.2 Å². The van der Waals surface area contributed by atoms with E-state index >= 15 is 0 Å². The molecule has 1 amide bonds. The molecule has 0 radical (unpaired) electrons. The second kappa shape index (κ2) is 5.30. The number of benzene rings is 1. The predicted octanol–water partition coefficient (Wildman–Crippen LogP) is 1.68. The van der Waals surface area contributed by atoms with Gasteiger partial charge in [-0.25, -0.2) is 0 Å². The lowest BCUT2D eigenvalue weighted by atomic mass is 10.1. The van der Waals surface area contributed by atoms with Gasteiger partial charge < -0.3 is 15.5 Å². The fourth-order valence-electron chi connectivity index (χ4n) is 2.36. The Hall–Kier alpha value is -2.04. The van der Waals surface area contributed by atoms with Crippen LogP contribution in [-0.2, 0) is 4.79 Å². The third-order valence-corrected chi connectivity index (χ3v) is 3.59. The van der Waals surface area contributed by atoms with Gasteiger partial charge in [-0.1, -0.05) is 6.07 Å². The molecule has 0 spiro atoms. The number of nitrogens with one attached hydrogen (secondary N) is 1. The van der Waals surface area contributed by atoms with Crippen LogP contribution in [-0.4, -0.2) is 28.1 Å². The lowest BCUT2D eigenvalue weighted by molar-refractivity contribution is -0.141. The van der Waals surface area contributed by atoms with Crippen molar-refractivity contribution in [3.8, 4) is 5.75 Å². The van der Waals surface area contributed by atoms with E-state index in [4.69, 9.17) is 5.11 Å². The fourth-order valence-corrected chi connectivity index (χ4v) is 2.36. The van der Waals surface area contributed by atoms with Gasteiger partial charge in [-0.05, 0) is 43.9 Å². The Labute approximate surface area is 111 Å². The Kier molecular flexibility index (Phi) is 3.74. The number of carboxylic acid groups (broad SMARTS) is 1. The number of phenolic OH excluding ortho intramolecular Hbond substituents is 1. The highest BCUT2D eigenvalue weighted by atomic mass is 16.4. The minimum absolute atomic E-state index is 0.0856. The lowest BCUT2D eigenvalue weighted by Gasteiger charge is -2.12. The molecule has 1 aliphatic carbocycles. The number of amides is 1. The molecule has 0 saturated heterocycles. The van der Waals surface area contributed by atoms with Gasteiger partial charge in [-0.2, -0.15) is 0 Å². The third kappa shape index (κ3) is 3.05. The summed E-state index contributed by atoms with van der Waals surface area (Å²) in [6, 6.07) is 4.65. The number of hydrogen-bond acceptors (Lipinski definition) is 3. The molecule has 0 aromatic heterocycles. The molecule has 2 rings (SSSR count). The van der Waals surface area contributed by atoms with E-state index in [1.54, 1.807) is 19.1 Å². The highest BCUT2D eigenvalue weighted by molar-refractivity contribution is 5.95. The number of aryl methyl sites for hydroxylation is 1. The molecule has 19 heavy (non-hydrogen) atoms. The highest BCUT2D eigenvalue weighted by Gasteiger charge is 2.30. The fraction of sp³-hybridized carbons (Fsp3) is 0.429.